The monoisotopic (exact) mass is 348 g/mol. The molecule has 6 nitrogen and oxygen atoms in total. The molecule has 0 radical (unpaired) electrons. The third kappa shape index (κ3) is 4.79. The van der Waals surface area contributed by atoms with E-state index in [0.717, 1.165) is 31.5 Å². The van der Waals surface area contributed by atoms with Gasteiger partial charge in [-0.1, -0.05) is 16.8 Å². The molecule has 1 aromatic heterocycles. The van der Waals surface area contributed by atoms with Gasteiger partial charge < -0.3 is 15.2 Å². The van der Waals surface area contributed by atoms with Crippen molar-refractivity contribution in [1.82, 2.24) is 20.8 Å². The first-order chi connectivity index (χ1) is 11.7. The second-order valence-electron chi connectivity index (χ2n) is 5.98. The van der Waals surface area contributed by atoms with Crippen LogP contribution in [-0.4, -0.2) is 35.2 Å². The summed E-state index contributed by atoms with van der Waals surface area (Å²) in [5.74, 6) is 1.17. The molecule has 2 heterocycles. The SMILES string of the molecule is O=C(CCCc1nc(-c2ccc(Cl)cc2)no1)NC1CCCNC1. The minimum absolute atomic E-state index is 0.0844. The zero-order chi connectivity index (χ0) is 16.8. The fourth-order valence-corrected chi connectivity index (χ4v) is 2.87. The van der Waals surface area contributed by atoms with Crippen molar-refractivity contribution in [2.45, 2.75) is 38.1 Å². The van der Waals surface area contributed by atoms with Gasteiger partial charge in [-0.05, 0) is 50.1 Å². The number of carbonyl (C=O) groups is 1. The molecule has 7 heteroatoms. The minimum atomic E-state index is 0.0844. The lowest BCUT2D eigenvalue weighted by molar-refractivity contribution is -0.122. The number of aromatic nitrogens is 2. The predicted octanol–water partition coefficient (Wildman–Crippen LogP) is 2.58. The molecule has 1 aromatic carbocycles. The van der Waals surface area contributed by atoms with E-state index in [4.69, 9.17) is 16.1 Å². The summed E-state index contributed by atoms with van der Waals surface area (Å²) in [5.41, 5.74) is 0.858. The number of aryl methyl sites for hydroxylation is 1. The van der Waals surface area contributed by atoms with Crippen LogP contribution in [0.25, 0.3) is 11.4 Å². The van der Waals surface area contributed by atoms with Crippen LogP contribution in [0.4, 0.5) is 0 Å². The molecular weight excluding hydrogens is 328 g/mol. The fourth-order valence-electron chi connectivity index (χ4n) is 2.75. The molecule has 0 spiro atoms. The van der Waals surface area contributed by atoms with Crippen LogP contribution in [0.3, 0.4) is 0 Å². The van der Waals surface area contributed by atoms with Gasteiger partial charge in [0, 0.05) is 36.0 Å². The predicted molar refractivity (Wildman–Crippen MR) is 91.7 cm³/mol. The number of hydrogen-bond donors (Lipinski definition) is 2. The van der Waals surface area contributed by atoms with Crippen LogP contribution >= 0.6 is 11.6 Å². The van der Waals surface area contributed by atoms with Gasteiger partial charge in [-0.2, -0.15) is 4.98 Å². The smallest absolute Gasteiger partial charge is 0.226 e. The Morgan fingerprint density at radius 3 is 2.96 bits per heavy atom. The first-order valence-electron chi connectivity index (χ1n) is 8.29. The van der Waals surface area contributed by atoms with E-state index >= 15 is 0 Å². The van der Waals surface area contributed by atoms with Gasteiger partial charge in [0.15, 0.2) is 0 Å². The van der Waals surface area contributed by atoms with Crippen molar-refractivity contribution in [2.75, 3.05) is 13.1 Å². The Kier molecular flexibility index (Phi) is 5.82. The molecule has 1 saturated heterocycles. The number of benzene rings is 1. The van der Waals surface area contributed by atoms with Gasteiger partial charge in [0.05, 0.1) is 0 Å². The number of nitrogens with one attached hydrogen (secondary N) is 2. The second kappa shape index (κ2) is 8.26. The van der Waals surface area contributed by atoms with E-state index < -0.39 is 0 Å². The molecule has 0 bridgehead atoms. The van der Waals surface area contributed by atoms with Gasteiger partial charge in [0.2, 0.25) is 17.6 Å². The molecule has 0 saturated carbocycles. The highest BCUT2D eigenvalue weighted by Gasteiger charge is 2.15. The Bertz CT molecular complexity index is 665. The van der Waals surface area contributed by atoms with Crippen LogP contribution in [0.5, 0.6) is 0 Å². The molecule has 1 amide bonds. The summed E-state index contributed by atoms with van der Waals surface area (Å²) in [4.78, 5) is 16.3. The van der Waals surface area contributed by atoms with E-state index in [1.54, 1.807) is 12.1 Å². The summed E-state index contributed by atoms with van der Waals surface area (Å²) >= 11 is 5.87. The lowest BCUT2D eigenvalue weighted by atomic mass is 10.1. The Hall–Kier alpha value is -1.92. The van der Waals surface area contributed by atoms with E-state index in [1.165, 1.54) is 0 Å². The van der Waals surface area contributed by atoms with Crippen molar-refractivity contribution in [3.8, 4) is 11.4 Å². The lowest BCUT2D eigenvalue weighted by Crippen LogP contribution is -2.45. The maximum absolute atomic E-state index is 11.9. The Labute approximate surface area is 146 Å². The van der Waals surface area contributed by atoms with Crippen molar-refractivity contribution >= 4 is 17.5 Å². The highest BCUT2D eigenvalue weighted by atomic mass is 35.5. The quantitative estimate of drug-likeness (QED) is 0.838. The van der Waals surface area contributed by atoms with Crippen LogP contribution < -0.4 is 10.6 Å². The van der Waals surface area contributed by atoms with E-state index in [-0.39, 0.29) is 11.9 Å². The summed E-state index contributed by atoms with van der Waals surface area (Å²) < 4.78 is 5.25. The molecule has 0 aliphatic carbocycles. The Morgan fingerprint density at radius 1 is 1.38 bits per heavy atom. The van der Waals surface area contributed by atoms with E-state index in [2.05, 4.69) is 20.8 Å². The molecular formula is C17H21ClN4O2. The normalized spacial score (nSPS) is 17.6. The van der Waals surface area contributed by atoms with Gasteiger partial charge in [-0.3, -0.25) is 4.79 Å². The van der Waals surface area contributed by atoms with Crippen molar-refractivity contribution in [1.29, 1.82) is 0 Å². The molecule has 3 rings (SSSR count). The summed E-state index contributed by atoms with van der Waals surface area (Å²) in [6, 6.07) is 7.53. The second-order valence-corrected chi connectivity index (χ2v) is 6.42. The van der Waals surface area contributed by atoms with E-state index in [9.17, 15) is 4.79 Å². The average Bonchev–Trinajstić information content (AvgIpc) is 3.05. The number of piperidine rings is 1. The van der Waals surface area contributed by atoms with Crippen LogP contribution in [0.15, 0.2) is 28.8 Å². The average molecular weight is 349 g/mol. The molecule has 1 aliphatic heterocycles. The molecule has 1 atom stereocenters. The molecule has 1 aliphatic rings. The first-order valence-corrected chi connectivity index (χ1v) is 8.67. The Balaban J connectivity index is 1.43. The summed E-state index contributed by atoms with van der Waals surface area (Å²) in [6.07, 6.45) is 3.91. The molecule has 128 valence electrons. The molecule has 24 heavy (non-hydrogen) atoms. The zero-order valence-corrected chi connectivity index (χ0v) is 14.2. The van der Waals surface area contributed by atoms with Crippen molar-refractivity contribution in [3.05, 3.63) is 35.2 Å². The molecule has 1 fully saturated rings. The topological polar surface area (TPSA) is 80.0 Å². The van der Waals surface area contributed by atoms with Crippen LogP contribution in [0.2, 0.25) is 5.02 Å². The van der Waals surface area contributed by atoms with Crippen molar-refractivity contribution in [3.63, 3.8) is 0 Å². The lowest BCUT2D eigenvalue weighted by Gasteiger charge is -2.23. The van der Waals surface area contributed by atoms with Crippen LogP contribution in [0, 0.1) is 0 Å². The molecule has 2 N–H and O–H groups in total. The van der Waals surface area contributed by atoms with Crippen molar-refractivity contribution in [2.24, 2.45) is 0 Å². The highest BCUT2D eigenvalue weighted by Crippen LogP contribution is 2.19. The largest absolute Gasteiger partial charge is 0.352 e. The summed E-state index contributed by atoms with van der Waals surface area (Å²) in [7, 11) is 0. The molecule has 2 aromatic rings. The minimum Gasteiger partial charge on any atom is -0.352 e. The number of hydrogen-bond acceptors (Lipinski definition) is 5. The number of halogens is 1. The number of nitrogens with zero attached hydrogens (tertiary/aromatic N) is 2. The maximum atomic E-state index is 11.9. The zero-order valence-electron chi connectivity index (χ0n) is 13.4. The van der Waals surface area contributed by atoms with Gasteiger partial charge in [-0.15, -0.1) is 0 Å². The van der Waals surface area contributed by atoms with Crippen LogP contribution in [-0.2, 0) is 11.2 Å². The standard InChI is InChI=1S/C17H21ClN4O2/c18-13-8-6-12(7-9-13)17-21-16(24-22-17)5-1-4-15(23)20-14-3-2-10-19-11-14/h6-9,14,19H,1-5,10-11H2,(H,20,23). The van der Waals surface area contributed by atoms with Gasteiger partial charge >= 0.3 is 0 Å². The Morgan fingerprint density at radius 2 is 2.21 bits per heavy atom. The number of rotatable bonds is 6. The van der Waals surface area contributed by atoms with E-state index in [0.29, 0.717) is 36.0 Å². The van der Waals surface area contributed by atoms with Crippen LogP contribution in [0.1, 0.15) is 31.6 Å². The highest BCUT2D eigenvalue weighted by molar-refractivity contribution is 6.30. The third-order valence-electron chi connectivity index (χ3n) is 4.03. The van der Waals surface area contributed by atoms with Gasteiger partial charge in [0.1, 0.15) is 0 Å². The van der Waals surface area contributed by atoms with Crippen molar-refractivity contribution < 1.29 is 9.32 Å². The molecule has 1 unspecified atom stereocenters. The van der Waals surface area contributed by atoms with Gasteiger partial charge in [-0.25, -0.2) is 0 Å². The summed E-state index contributed by atoms with van der Waals surface area (Å²) in [5, 5.41) is 11.0. The maximum Gasteiger partial charge on any atom is 0.226 e. The van der Waals surface area contributed by atoms with E-state index in [1.807, 2.05) is 12.1 Å². The van der Waals surface area contributed by atoms with Gasteiger partial charge in [0.25, 0.3) is 0 Å². The third-order valence-corrected chi connectivity index (χ3v) is 4.28. The number of carbonyl (C=O) groups excluding carboxylic acids is 1. The number of amides is 1. The first kappa shape index (κ1) is 16.9. The summed E-state index contributed by atoms with van der Waals surface area (Å²) in [6.45, 7) is 1.90. The fraction of sp³-hybridized carbons (Fsp3) is 0.471.